The Hall–Kier alpha value is -3.40. The van der Waals surface area contributed by atoms with Gasteiger partial charge in [0, 0.05) is 0 Å². The molecule has 3 aromatic carbocycles. The molecule has 2 N–H and O–H groups in total. The number of hydrogen-bond acceptors (Lipinski definition) is 2. The van der Waals surface area contributed by atoms with Crippen molar-refractivity contribution in [3.63, 3.8) is 0 Å². The van der Waals surface area contributed by atoms with Gasteiger partial charge >= 0.3 is 11.9 Å². The maximum absolute atomic E-state index is 12.5. The zero-order valence-corrected chi connectivity index (χ0v) is 28.3. The summed E-state index contributed by atoms with van der Waals surface area (Å²) in [5.74, 6) is -0.919. The molecule has 0 bridgehead atoms. The number of hydrogen-bond donors (Lipinski definition) is 2. The van der Waals surface area contributed by atoms with E-state index in [9.17, 15) is 19.8 Å². The third kappa shape index (κ3) is 10.9. The molecule has 0 amide bonds. The first-order chi connectivity index (χ1) is 20.5. The van der Waals surface area contributed by atoms with E-state index in [4.69, 9.17) is 0 Å². The van der Waals surface area contributed by atoms with Gasteiger partial charge in [-0.2, -0.15) is 0 Å². The highest BCUT2D eigenvalue weighted by Crippen LogP contribution is 2.30. The van der Waals surface area contributed by atoms with Crippen LogP contribution in [0.4, 0.5) is 0 Å². The van der Waals surface area contributed by atoms with Crippen LogP contribution in [-0.4, -0.2) is 22.2 Å². The number of aryl methyl sites for hydroxylation is 2. The maximum atomic E-state index is 12.5. The molecular weight excluding hydrogens is 544 g/mol. The van der Waals surface area contributed by atoms with Crippen molar-refractivity contribution in [2.45, 2.75) is 107 Å². The van der Waals surface area contributed by atoms with Gasteiger partial charge in [0.1, 0.15) is 0 Å². The van der Waals surface area contributed by atoms with Gasteiger partial charge in [-0.3, -0.25) is 0 Å². The smallest absolute Gasteiger partial charge is 0.335 e. The average molecular weight is 599 g/mol. The number of carboxylic acid groups (broad SMARTS) is 2. The van der Waals surface area contributed by atoms with Crippen LogP contribution in [0.1, 0.15) is 135 Å². The second-order valence-electron chi connectivity index (χ2n) is 15.5. The van der Waals surface area contributed by atoms with Gasteiger partial charge in [0.15, 0.2) is 0 Å². The van der Waals surface area contributed by atoms with Gasteiger partial charge in [-0.05, 0) is 120 Å². The summed E-state index contributed by atoms with van der Waals surface area (Å²) in [6, 6.07) is 19.5. The fourth-order valence-corrected chi connectivity index (χ4v) is 6.84. The van der Waals surface area contributed by atoms with E-state index in [2.05, 4.69) is 67.5 Å². The second-order valence-corrected chi connectivity index (χ2v) is 15.5. The molecule has 2 atom stereocenters. The van der Waals surface area contributed by atoms with Crippen molar-refractivity contribution in [3.8, 4) is 0 Å². The van der Waals surface area contributed by atoms with Gasteiger partial charge in [0.05, 0.1) is 11.1 Å². The molecular formula is C40H54O4. The van der Waals surface area contributed by atoms with Crippen molar-refractivity contribution in [1.82, 2.24) is 0 Å². The summed E-state index contributed by atoms with van der Waals surface area (Å²) in [5.41, 5.74) is 6.48. The molecule has 0 aromatic heterocycles. The van der Waals surface area contributed by atoms with Crippen LogP contribution >= 0.6 is 0 Å². The lowest BCUT2D eigenvalue weighted by atomic mass is 9.82. The van der Waals surface area contributed by atoms with Crippen molar-refractivity contribution in [3.05, 3.63) is 105 Å². The summed E-state index contributed by atoms with van der Waals surface area (Å²) in [4.78, 5) is 25.1. The van der Waals surface area contributed by atoms with E-state index in [-0.39, 0.29) is 22.0 Å². The minimum Gasteiger partial charge on any atom is -0.478 e. The summed E-state index contributed by atoms with van der Waals surface area (Å²) in [5, 5.41) is 20.5. The quantitative estimate of drug-likeness (QED) is 0.194. The molecule has 0 radical (unpaired) electrons. The molecule has 0 aliphatic rings. The van der Waals surface area contributed by atoms with E-state index in [1.165, 1.54) is 11.1 Å². The second kappa shape index (κ2) is 15.1. The Kier molecular flexibility index (Phi) is 12.0. The number of carbonyl (C=O) groups is 2. The van der Waals surface area contributed by atoms with Gasteiger partial charge in [0.2, 0.25) is 0 Å². The Morgan fingerprint density at radius 3 is 1.18 bits per heavy atom. The molecule has 0 fully saturated rings. The molecule has 0 saturated carbocycles. The van der Waals surface area contributed by atoms with Crippen molar-refractivity contribution in [2.24, 2.45) is 22.7 Å². The highest BCUT2D eigenvalue weighted by atomic mass is 16.4. The van der Waals surface area contributed by atoms with Gasteiger partial charge in [-0.15, -0.1) is 0 Å². The molecule has 44 heavy (non-hydrogen) atoms. The number of aromatic carboxylic acids is 2. The highest BCUT2D eigenvalue weighted by molar-refractivity contribution is 5.95. The van der Waals surface area contributed by atoms with Crippen molar-refractivity contribution >= 4 is 11.9 Å². The van der Waals surface area contributed by atoms with E-state index < -0.39 is 11.9 Å². The van der Waals surface area contributed by atoms with Gasteiger partial charge in [-0.25, -0.2) is 9.59 Å². The SMILES string of the molecule is CC(CCc1ccccc1Cc1cc(C(=O)O)c(Cc2ccccc2CCC(C)CC(C)(C)C)cc1C(=O)O)CC(C)(C)C. The van der Waals surface area contributed by atoms with Crippen LogP contribution in [0.15, 0.2) is 60.7 Å². The lowest BCUT2D eigenvalue weighted by Gasteiger charge is -2.23. The first-order valence-corrected chi connectivity index (χ1v) is 16.3. The Labute approximate surface area is 265 Å². The Morgan fingerprint density at radius 1 is 0.568 bits per heavy atom. The fourth-order valence-electron chi connectivity index (χ4n) is 6.84. The monoisotopic (exact) mass is 598 g/mol. The minimum absolute atomic E-state index is 0.178. The molecule has 4 heteroatoms. The zero-order chi connectivity index (χ0) is 32.7. The van der Waals surface area contributed by atoms with Crippen LogP contribution < -0.4 is 0 Å². The Morgan fingerprint density at radius 2 is 0.886 bits per heavy atom. The first-order valence-electron chi connectivity index (χ1n) is 16.3. The molecule has 3 rings (SSSR count). The fraction of sp³-hybridized carbons (Fsp3) is 0.500. The standard InChI is InChI=1S/C40H54O4/c1-27(25-39(3,4)5)17-19-29-13-9-11-15-31(29)21-33-23-36(38(43)44)34(24-35(33)37(41)42)22-32-16-12-10-14-30(32)20-18-28(2)26-40(6,7)8/h9-16,23-24,27-28H,17-22,25-26H2,1-8H3,(H,41,42)(H,43,44). The van der Waals surface area contributed by atoms with Gasteiger partial charge in [0.25, 0.3) is 0 Å². The summed E-state index contributed by atoms with van der Waals surface area (Å²) in [6.45, 7) is 18.2. The lowest BCUT2D eigenvalue weighted by molar-refractivity contribution is 0.0679. The van der Waals surface area contributed by atoms with Gasteiger partial charge in [-0.1, -0.05) is 104 Å². The molecule has 0 aliphatic carbocycles. The maximum Gasteiger partial charge on any atom is 0.335 e. The summed E-state index contributed by atoms with van der Waals surface area (Å²) < 4.78 is 0. The largest absolute Gasteiger partial charge is 0.478 e. The first kappa shape index (κ1) is 35.1. The predicted octanol–water partition coefficient (Wildman–Crippen LogP) is 10.3. The number of carboxylic acids is 2. The van der Waals surface area contributed by atoms with Crippen LogP contribution in [-0.2, 0) is 25.7 Å². The van der Waals surface area contributed by atoms with Crippen LogP contribution in [0.3, 0.4) is 0 Å². The van der Waals surface area contributed by atoms with Gasteiger partial charge < -0.3 is 10.2 Å². The van der Waals surface area contributed by atoms with E-state index in [0.29, 0.717) is 35.8 Å². The summed E-state index contributed by atoms with van der Waals surface area (Å²) >= 11 is 0. The molecule has 0 heterocycles. The zero-order valence-electron chi connectivity index (χ0n) is 28.3. The van der Waals surface area contributed by atoms with Crippen LogP contribution in [0.5, 0.6) is 0 Å². The predicted molar refractivity (Wildman–Crippen MR) is 182 cm³/mol. The third-order valence-electron chi connectivity index (χ3n) is 8.52. The topological polar surface area (TPSA) is 74.6 Å². The van der Waals surface area contributed by atoms with E-state index >= 15 is 0 Å². The van der Waals surface area contributed by atoms with E-state index in [1.807, 2.05) is 36.4 Å². The number of benzene rings is 3. The molecule has 238 valence electrons. The van der Waals surface area contributed by atoms with Crippen LogP contribution in [0.2, 0.25) is 0 Å². The average Bonchev–Trinajstić information content (AvgIpc) is 2.90. The molecule has 3 aromatic rings. The van der Waals surface area contributed by atoms with Crippen LogP contribution in [0.25, 0.3) is 0 Å². The summed E-state index contributed by atoms with van der Waals surface area (Å²) in [7, 11) is 0. The van der Waals surface area contributed by atoms with Crippen molar-refractivity contribution in [1.29, 1.82) is 0 Å². The molecule has 0 aliphatic heterocycles. The molecule has 4 nitrogen and oxygen atoms in total. The van der Waals surface area contributed by atoms with Crippen molar-refractivity contribution < 1.29 is 19.8 Å². The highest BCUT2D eigenvalue weighted by Gasteiger charge is 2.22. The normalized spacial score (nSPS) is 13.5. The summed E-state index contributed by atoms with van der Waals surface area (Å²) in [6.07, 6.45) is 6.96. The minimum atomic E-state index is -1.03. The Bertz CT molecular complexity index is 1310. The lowest BCUT2D eigenvalue weighted by Crippen LogP contribution is -2.13. The Balaban J connectivity index is 1.90. The molecule has 0 spiro atoms. The molecule has 2 unspecified atom stereocenters. The van der Waals surface area contributed by atoms with E-state index in [0.717, 1.165) is 49.7 Å². The number of rotatable bonds is 14. The van der Waals surface area contributed by atoms with Crippen LogP contribution in [0, 0.1) is 22.7 Å². The van der Waals surface area contributed by atoms with Crippen molar-refractivity contribution in [2.75, 3.05) is 0 Å². The van der Waals surface area contributed by atoms with E-state index in [1.54, 1.807) is 12.1 Å². The molecule has 0 saturated heterocycles. The third-order valence-corrected chi connectivity index (χ3v) is 8.52.